The van der Waals surface area contributed by atoms with E-state index < -0.39 is 5.72 Å². The number of benzene rings is 2. The van der Waals surface area contributed by atoms with Crippen LogP contribution in [0.3, 0.4) is 0 Å². The first kappa shape index (κ1) is 14.7. The molecule has 0 spiro atoms. The summed E-state index contributed by atoms with van der Waals surface area (Å²) in [6.07, 6.45) is 1.11. The van der Waals surface area contributed by atoms with Crippen molar-refractivity contribution in [1.82, 2.24) is 0 Å². The first-order chi connectivity index (χ1) is 11.2. The van der Waals surface area contributed by atoms with Crippen LogP contribution in [0.5, 0.6) is 0 Å². The van der Waals surface area contributed by atoms with E-state index in [2.05, 4.69) is 4.58 Å². The molecular formula is C18H18FN2OS+. The van der Waals surface area contributed by atoms with Gasteiger partial charge in [0.1, 0.15) is 11.5 Å². The lowest BCUT2D eigenvalue weighted by Crippen LogP contribution is -2.46. The van der Waals surface area contributed by atoms with Gasteiger partial charge in [0, 0.05) is 11.3 Å². The van der Waals surface area contributed by atoms with Gasteiger partial charge in [-0.05, 0) is 42.4 Å². The van der Waals surface area contributed by atoms with Gasteiger partial charge in [0.05, 0.1) is 6.54 Å². The van der Waals surface area contributed by atoms with Gasteiger partial charge in [0.2, 0.25) is 0 Å². The van der Waals surface area contributed by atoms with Crippen molar-refractivity contribution >= 4 is 22.6 Å². The second kappa shape index (κ2) is 5.65. The van der Waals surface area contributed by atoms with Gasteiger partial charge >= 0.3 is 5.17 Å². The Kier molecular flexibility index (Phi) is 3.62. The fraction of sp³-hybridized carbons (Fsp3) is 0.278. The van der Waals surface area contributed by atoms with Gasteiger partial charge in [0.15, 0.2) is 6.54 Å². The predicted octanol–water partition coefficient (Wildman–Crippen LogP) is 3.00. The van der Waals surface area contributed by atoms with Crippen LogP contribution in [-0.4, -0.2) is 33.7 Å². The Morgan fingerprint density at radius 2 is 1.83 bits per heavy atom. The van der Waals surface area contributed by atoms with Gasteiger partial charge in [-0.1, -0.05) is 30.3 Å². The van der Waals surface area contributed by atoms with Crippen LogP contribution in [-0.2, 0) is 5.72 Å². The molecule has 2 aliphatic heterocycles. The van der Waals surface area contributed by atoms with Crippen molar-refractivity contribution in [1.29, 1.82) is 0 Å². The monoisotopic (exact) mass is 329 g/mol. The minimum Gasteiger partial charge on any atom is -0.346 e. The Morgan fingerprint density at radius 3 is 2.57 bits per heavy atom. The Bertz CT molecular complexity index is 747. The Hall–Kier alpha value is -1.85. The number of aliphatic hydroxyl groups is 1. The molecule has 118 valence electrons. The quantitative estimate of drug-likeness (QED) is 0.858. The van der Waals surface area contributed by atoms with Crippen LogP contribution in [0.25, 0.3) is 0 Å². The maximum atomic E-state index is 13.3. The summed E-state index contributed by atoms with van der Waals surface area (Å²) < 4.78 is 15.5. The van der Waals surface area contributed by atoms with E-state index in [1.54, 1.807) is 23.9 Å². The van der Waals surface area contributed by atoms with Crippen LogP contribution in [0.1, 0.15) is 12.0 Å². The molecule has 1 atom stereocenters. The molecule has 5 heteroatoms. The molecule has 2 aliphatic rings. The second-order valence-electron chi connectivity index (χ2n) is 5.90. The summed E-state index contributed by atoms with van der Waals surface area (Å²) in [7, 11) is 0. The van der Waals surface area contributed by atoms with Crippen molar-refractivity contribution in [2.45, 2.75) is 12.1 Å². The molecule has 0 unspecified atom stereocenters. The summed E-state index contributed by atoms with van der Waals surface area (Å²) in [4.78, 5) is 1.95. The van der Waals surface area contributed by atoms with Crippen molar-refractivity contribution in [3.8, 4) is 0 Å². The first-order valence-electron chi connectivity index (χ1n) is 7.77. The third kappa shape index (κ3) is 2.44. The van der Waals surface area contributed by atoms with E-state index in [1.165, 1.54) is 12.1 Å². The Labute approximate surface area is 139 Å². The molecule has 0 radical (unpaired) electrons. The predicted molar refractivity (Wildman–Crippen MR) is 91.3 cm³/mol. The number of nitrogens with zero attached hydrogens (tertiary/aromatic N) is 2. The molecule has 2 aromatic carbocycles. The maximum absolute atomic E-state index is 13.3. The van der Waals surface area contributed by atoms with Gasteiger partial charge in [-0.2, -0.15) is 4.90 Å². The molecule has 1 N–H and O–H groups in total. The normalized spacial score (nSPS) is 24.0. The van der Waals surface area contributed by atoms with Crippen LogP contribution in [0, 0.1) is 5.82 Å². The second-order valence-corrected chi connectivity index (χ2v) is 6.96. The van der Waals surface area contributed by atoms with Crippen LogP contribution < -0.4 is 4.90 Å². The van der Waals surface area contributed by atoms with E-state index in [-0.39, 0.29) is 5.82 Å². The number of hydrogen-bond donors (Lipinski definition) is 1. The highest BCUT2D eigenvalue weighted by Crippen LogP contribution is 2.39. The maximum Gasteiger partial charge on any atom is 0.316 e. The molecule has 0 amide bonds. The lowest BCUT2D eigenvalue weighted by atomic mass is 10.0. The van der Waals surface area contributed by atoms with Crippen molar-refractivity contribution < 1.29 is 14.1 Å². The molecule has 3 nitrogen and oxygen atoms in total. The summed E-state index contributed by atoms with van der Waals surface area (Å²) in [6.45, 7) is 1.46. The molecule has 2 heterocycles. The molecule has 0 aromatic heterocycles. The molecule has 4 rings (SSSR count). The fourth-order valence-electron chi connectivity index (χ4n) is 3.29. The topological polar surface area (TPSA) is 26.5 Å². The highest BCUT2D eigenvalue weighted by atomic mass is 32.2. The summed E-state index contributed by atoms with van der Waals surface area (Å²) in [5, 5.41) is 12.6. The zero-order chi connectivity index (χ0) is 15.9. The van der Waals surface area contributed by atoms with Gasteiger partial charge in [-0.15, -0.1) is 0 Å². The lowest BCUT2D eigenvalue weighted by molar-refractivity contribution is -0.532. The smallest absolute Gasteiger partial charge is 0.316 e. The molecule has 2 aromatic rings. The SMILES string of the molecule is O[C@@]1(c2ccccc2)C[N+]2=C(SCCC2)N1c1ccc(F)cc1. The highest BCUT2D eigenvalue weighted by Gasteiger charge is 2.55. The first-order valence-corrected chi connectivity index (χ1v) is 8.75. The minimum atomic E-state index is -1.13. The van der Waals surface area contributed by atoms with E-state index in [4.69, 9.17) is 0 Å². The Morgan fingerprint density at radius 1 is 1.09 bits per heavy atom. The highest BCUT2D eigenvalue weighted by molar-refractivity contribution is 8.14. The zero-order valence-corrected chi connectivity index (χ0v) is 13.5. The van der Waals surface area contributed by atoms with Crippen molar-refractivity contribution in [2.75, 3.05) is 23.7 Å². The van der Waals surface area contributed by atoms with E-state index >= 15 is 0 Å². The third-order valence-corrected chi connectivity index (χ3v) is 5.56. The van der Waals surface area contributed by atoms with Gasteiger partial charge in [-0.3, -0.25) is 0 Å². The van der Waals surface area contributed by atoms with E-state index in [9.17, 15) is 9.50 Å². The average molecular weight is 329 g/mol. The summed E-state index contributed by atoms with van der Waals surface area (Å²) >= 11 is 1.75. The summed E-state index contributed by atoms with van der Waals surface area (Å²) in [5.41, 5.74) is 0.530. The molecule has 23 heavy (non-hydrogen) atoms. The van der Waals surface area contributed by atoms with Crippen LogP contribution in [0.2, 0.25) is 0 Å². The summed E-state index contributed by atoms with van der Waals surface area (Å²) in [6, 6.07) is 16.1. The fourth-order valence-corrected chi connectivity index (χ4v) is 4.47. The third-order valence-electron chi connectivity index (χ3n) is 4.37. The number of rotatable bonds is 2. The zero-order valence-electron chi connectivity index (χ0n) is 12.7. The van der Waals surface area contributed by atoms with Crippen molar-refractivity contribution in [2.24, 2.45) is 0 Å². The van der Waals surface area contributed by atoms with E-state index in [1.807, 2.05) is 35.2 Å². The molecule has 0 saturated carbocycles. The molecule has 0 saturated heterocycles. The van der Waals surface area contributed by atoms with E-state index in [0.29, 0.717) is 6.54 Å². The minimum absolute atomic E-state index is 0.269. The molecular weight excluding hydrogens is 311 g/mol. The van der Waals surface area contributed by atoms with Crippen molar-refractivity contribution in [3.63, 3.8) is 0 Å². The van der Waals surface area contributed by atoms with E-state index in [0.717, 1.165) is 35.1 Å². The van der Waals surface area contributed by atoms with Crippen LogP contribution >= 0.6 is 11.8 Å². The number of thioether (sulfide) groups is 1. The van der Waals surface area contributed by atoms with Gasteiger partial charge in [0.25, 0.3) is 5.72 Å². The number of halogens is 1. The largest absolute Gasteiger partial charge is 0.346 e. The number of amidine groups is 1. The lowest BCUT2D eigenvalue weighted by Gasteiger charge is -2.28. The number of hydrogen-bond acceptors (Lipinski definition) is 3. The standard InChI is InChI=1S/C18H18FN2OS/c19-15-7-9-16(10-8-15)21-17-20(11-4-12-23-17)13-18(21,22)14-5-2-1-3-6-14/h1-3,5-10,22H,4,11-13H2/q+1/t18-/m1/s1. The van der Waals surface area contributed by atoms with Gasteiger partial charge < -0.3 is 5.11 Å². The van der Waals surface area contributed by atoms with Gasteiger partial charge in [-0.25, -0.2) is 8.97 Å². The average Bonchev–Trinajstić information content (AvgIpc) is 2.90. The number of anilines is 1. The molecule has 0 bridgehead atoms. The van der Waals surface area contributed by atoms with Crippen LogP contribution in [0.15, 0.2) is 54.6 Å². The molecule has 0 aliphatic carbocycles. The van der Waals surface area contributed by atoms with Crippen molar-refractivity contribution in [3.05, 3.63) is 66.0 Å². The Balaban J connectivity index is 1.84. The summed E-state index contributed by atoms with van der Waals surface area (Å²) in [5.74, 6) is 0.767. The van der Waals surface area contributed by atoms with Crippen LogP contribution in [0.4, 0.5) is 10.1 Å². The molecule has 0 fully saturated rings.